The lowest BCUT2D eigenvalue weighted by atomic mass is 9.83. The molecule has 1 unspecified atom stereocenters. The lowest BCUT2D eigenvalue weighted by molar-refractivity contribution is -0.143. The van der Waals surface area contributed by atoms with E-state index < -0.39 is 54.2 Å². The van der Waals surface area contributed by atoms with Crippen LogP contribution in [-0.2, 0) is 28.8 Å². The largest absolute Gasteiger partial charge is 0.492 e. The molecule has 7 amide bonds. The van der Waals surface area contributed by atoms with Crippen molar-refractivity contribution in [3.05, 3.63) is 53.1 Å². The summed E-state index contributed by atoms with van der Waals surface area (Å²) in [5, 5.41) is 21.4. The van der Waals surface area contributed by atoms with Crippen LogP contribution in [-0.4, -0.2) is 128 Å². The molecule has 8 rings (SSSR count). The zero-order valence-corrected chi connectivity index (χ0v) is 41.9. The molecule has 2 saturated heterocycles. The fourth-order valence-corrected chi connectivity index (χ4v) is 11.6. The van der Waals surface area contributed by atoms with E-state index in [1.807, 2.05) is 12.1 Å². The number of likely N-dealkylation sites (tertiary alicyclic amines) is 2. The van der Waals surface area contributed by atoms with Gasteiger partial charge in [-0.2, -0.15) is 0 Å². The summed E-state index contributed by atoms with van der Waals surface area (Å²) in [6.45, 7) is 4.89. The van der Waals surface area contributed by atoms with E-state index in [0.29, 0.717) is 79.9 Å². The Kier molecular flexibility index (Phi) is 17.2. The highest BCUT2D eigenvalue weighted by atomic mass is 16.5. The van der Waals surface area contributed by atoms with Crippen molar-refractivity contribution >= 4 is 47.0 Å². The Hall–Kier alpha value is -5.75. The zero-order valence-electron chi connectivity index (χ0n) is 41.9. The number of fused-ring (bicyclic) bond motifs is 2. The molecule has 4 heterocycles. The predicted molar refractivity (Wildman–Crippen MR) is 266 cm³/mol. The molecule has 0 aromatic heterocycles. The van der Waals surface area contributed by atoms with Crippen molar-refractivity contribution in [2.75, 3.05) is 45.7 Å². The first-order chi connectivity index (χ1) is 34.4. The van der Waals surface area contributed by atoms with Gasteiger partial charge in [-0.1, -0.05) is 62.8 Å². The summed E-state index contributed by atoms with van der Waals surface area (Å²) in [6.07, 6.45) is 12.8. The Balaban J connectivity index is 0.930. The minimum atomic E-state index is -0.707. The number of rotatable bonds is 16. The van der Waals surface area contributed by atoms with E-state index in [4.69, 9.17) is 9.47 Å². The minimum Gasteiger partial charge on any atom is -0.492 e. The predicted octanol–water partition coefficient (Wildman–Crippen LogP) is 4.15. The topological polar surface area (TPSA) is 229 Å². The van der Waals surface area contributed by atoms with Gasteiger partial charge in [0.15, 0.2) is 0 Å². The maximum absolute atomic E-state index is 14.3. The Morgan fingerprint density at radius 1 is 0.549 bits per heavy atom. The van der Waals surface area contributed by atoms with Gasteiger partial charge < -0.3 is 56.5 Å². The number of amides is 7. The van der Waals surface area contributed by atoms with Crippen LogP contribution in [0.1, 0.15) is 150 Å². The van der Waals surface area contributed by atoms with Gasteiger partial charge in [0.25, 0.3) is 5.91 Å². The standard InChI is InChI=1S/C53H75N9O9/c1-31(54-3)47(63)59-43(33-15-7-5-8-16-33)52(68)61-27-13-23-41(61)50(66)56-38-25-29-70-45-35(38)19-11-21-37(45)49(65)58-40-22-12-20-36-39(26-30-71-46(36)40)57-51(67)42-24-14-28-62(42)53(69)44(34-17-9-6-10-18-34)60-48(64)32(2)55-4/h11-12,19-22,31-34,38-39,41-44,54-55H,5-10,13-18,23-30H2,1-4H3,(H,56,66)(H,57,67)(H,58,65)(H,59,63)(H,60,64)/t31-,32-,38+,39+,41-,42-,43?,44-/m0/s1. The van der Waals surface area contributed by atoms with Gasteiger partial charge in [-0.15, -0.1) is 0 Å². The second kappa shape index (κ2) is 23.7. The van der Waals surface area contributed by atoms with E-state index in [1.54, 1.807) is 62.0 Å². The molecule has 4 aliphatic heterocycles. The van der Waals surface area contributed by atoms with Gasteiger partial charge in [0, 0.05) is 37.1 Å². The van der Waals surface area contributed by atoms with E-state index >= 15 is 0 Å². The van der Waals surface area contributed by atoms with E-state index in [1.165, 1.54) is 0 Å². The third kappa shape index (κ3) is 11.6. The normalized spacial score (nSPS) is 24.1. The van der Waals surface area contributed by atoms with Crippen molar-refractivity contribution in [1.82, 2.24) is 41.7 Å². The van der Waals surface area contributed by atoms with Gasteiger partial charge in [-0.3, -0.25) is 33.6 Å². The number of benzene rings is 2. The molecule has 8 atom stereocenters. The molecule has 0 radical (unpaired) electrons. The van der Waals surface area contributed by atoms with Crippen LogP contribution in [0.5, 0.6) is 11.5 Å². The molecule has 2 aromatic rings. The number of hydrogen-bond donors (Lipinski definition) is 7. The average molecular weight is 982 g/mol. The summed E-state index contributed by atoms with van der Waals surface area (Å²) >= 11 is 0. The SMILES string of the molecule is CN[C@@H](C)C(=O)NC(C(=O)N1CCC[C@H]1C(=O)N[C@@H]1CCOc2c(C(=O)Nc3cccc4c3OCC[C@H]4NC(=O)[C@@H]3CCCN3C(=O)[C@@H](NC(=O)[C@H](C)NC)C3CCCCC3)cccc21)C1CCCCC1. The number of carbonyl (C=O) groups is 7. The van der Waals surface area contributed by atoms with Crippen molar-refractivity contribution in [1.29, 1.82) is 0 Å². The Bertz CT molecular complexity index is 2280. The van der Waals surface area contributed by atoms with E-state index in [9.17, 15) is 33.6 Å². The molecule has 4 fully saturated rings. The summed E-state index contributed by atoms with van der Waals surface area (Å²) in [7, 11) is 3.41. The molecule has 2 aliphatic carbocycles. The van der Waals surface area contributed by atoms with Crippen molar-refractivity contribution in [3.63, 3.8) is 0 Å². The van der Waals surface area contributed by atoms with Crippen LogP contribution >= 0.6 is 0 Å². The van der Waals surface area contributed by atoms with Crippen molar-refractivity contribution in [2.24, 2.45) is 11.8 Å². The third-order valence-electron chi connectivity index (χ3n) is 16.0. The van der Waals surface area contributed by atoms with Crippen LogP contribution in [0.4, 0.5) is 5.69 Å². The van der Waals surface area contributed by atoms with Crippen LogP contribution < -0.4 is 46.7 Å². The van der Waals surface area contributed by atoms with Crippen LogP contribution in [0, 0.1) is 11.8 Å². The van der Waals surface area contributed by atoms with E-state index in [2.05, 4.69) is 37.2 Å². The average Bonchev–Trinajstić information content (AvgIpc) is 4.11. The molecular weight excluding hydrogens is 907 g/mol. The monoisotopic (exact) mass is 982 g/mol. The van der Waals surface area contributed by atoms with Gasteiger partial charge in [0.1, 0.15) is 35.7 Å². The maximum atomic E-state index is 14.3. The highest BCUT2D eigenvalue weighted by molar-refractivity contribution is 6.07. The number of hydrogen-bond acceptors (Lipinski definition) is 11. The molecule has 2 aromatic carbocycles. The molecule has 71 heavy (non-hydrogen) atoms. The number of para-hydroxylation sites is 2. The molecule has 18 nitrogen and oxygen atoms in total. The van der Waals surface area contributed by atoms with Crippen LogP contribution in [0.3, 0.4) is 0 Å². The number of ether oxygens (including phenoxy) is 2. The summed E-state index contributed by atoms with van der Waals surface area (Å²) in [4.78, 5) is 101. The number of nitrogens with one attached hydrogen (secondary N) is 7. The first-order valence-corrected chi connectivity index (χ1v) is 26.4. The second-order valence-corrected chi connectivity index (χ2v) is 20.5. The highest BCUT2D eigenvalue weighted by Gasteiger charge is 2.44. The fraction of sp³-hybridized carbons (Fsp3) is 0.642. The van der Waals surface area contributed by atoms with Gasteiger partial charge >= 0.3 is 0 Å². The summed E-state index contributed by atoms with van der Waals surface area (Å²) in [5.41, 5.74) is 2.03. The minimum absolute atomic E-state index is 0.00184. The molecule has 386 valence electrons. The van der Waals surface area contributed by atoms with Crippen LogP contribution in [0.25, 0.3) is 0 Å². The van der Waals surface area contributed by atoms with Gasteiger partial charge in [0.2, 0.25) is 35.4 Å². The molecule has 6 aliphatic rings. The Morgan fingerprint density at radius 3 is 1.48 bits per heavy atom. The first kappa shape index (κ1) is 51.6. The summed E-state index contributed by atoms with van der Waals surface area (Å²) in [6, 6.07) is 5.98. The second-order valence-electron chi connectivity index (χ2n) is 20.5. The molecule has 0 bridgehead atoms. The highest BCUT2D eigenvalue weighted by Crippen LogP contribution is 2.41. The summed E-state index contributed by atoms with van der Waals surface area (Å²) < 4.78 is 12.3. The molecule has 2 saturated carbocycles. The van der Waals surface area contributed by atoms with E-state index in [-0.39, 0.29) is 66.1 Å². The number of nitrogens with zero attached hydrogens (tertiary/aromatic N) is 2. The number of anilines is 1. The van der Waals surface area contributed by atoms with Crippen LogP contribution in [0.15, 0.2) is 36.4 Å². The lowest BCUT2D eigenvalue weighted by Crippen LogP contribution is -2.58. The van der Waals surface area contributed by atoms with Gasteiger partial charge in [-0.25, -0.2) is 0 Å². The Morgan fingerprint density at radius 2 is 1.00 bits per heavy atom. The molecule has 7 N–H and O–H groups in total. The maximum Gasteiger partial charge on any atom is 0.259 e. The van der Waals surface area contributed by atoms with Crippen LogP contribution in [0.2, 0.25) is 0 Å². The smallest absolute Gasteiger partial charge is 0.259 e. The Labute approximate surface area is 417 Å². The van der Waals surface area contributed by atoms with E-state index in [0.717, 1.165) is 64.2 Å². The molecule has 18 heteroatoms. The van der Waals surface area contributed by atoms with Crippen molar-refractivity contribution in [2.45, 2.75) is 165 Å². The molecule has 0 spiro atoms. The van der Waals surface area contributed by atoms with Gasteiger partial charge in [0.05, 0.1) is 48.6 Å². The van der Waals surface area contributed by atoms with Gasteiger partial charge in [-0.05, 0) is 103 Å². The summed E-state index contributed by atoms with van der Waals surface area (Å²) in [5.74, 6) is -1.11. The number of carbonyl (C=O) groups excluding carboxylic acids is 7. The third-order valence-corrected chi connectivity index (χ3v) is 16.0. The zero-order chi connectivity index (χ0) is 50.2. The van der Waals surface area contributed by atoms with Crippen molar-refractivity contribution < 1.29 is 43.0 Å². The fourth-order valence-electron chi connectivity index (χ4n) is 11.6. The van der Waals surface area contributed by atoms with Crippen molar-refractivity contribution in [3.8, 4) is 11.5 Å². The first-order valence-electron chi connectivity index (χ1n) is 26.4. The quantitative estimate of drug-likeness (QED) is 0.127. The number of likely N-dealkylation sites (N-methyl/N-ethyl adjacent to an activating group) is 2. The lowest BCUT2D eigenvalue weighted by Gasteiger charge is -2.36. The molecular formula is C53H75N9O9.